The number of hydrogen-bond donors (Lipinski definition) is 3. The number of allylic oxidation sites excluding steroid dienone is 1. The van der Waals surface area contributed by atoms with Crippen LogP contribution in [0.4, 0.5) is 13.2 Å². The number of thioether (sulfide) groups is 1. The van der Waals surface area contributed by atoms with E-state index in [1.165, 1.54) is 7.05 Å². The minimum absolute atomic E-state index is 0.0464. The van der Waals surface area contributed by atoms with Gasteiger partial charge in [0.2, 0.25) is 10.0 Å². The van der Waals surface area contributed by atoms with E-state index in [2.05, 4.69) is 16.8 Å². The molecule has 1 unspecified atom stereocenters. The molecule has 0 aromatic heterocycles. The van der Waals surface area contributed by atoms with Gasteiger partial charge in [-0.15, -0.1) is 11.8 Å². The molecular weight excluding hydrogens is 517 g/mol. The van der Waals surface area contributed by atoms with E-state index in [1.54, 1.807) is 11.8 Å². The van der Waals surface area contributed by atoms with Gasteiger partial charge in [-0.2, -0.15) is 17.5 Å². The Labute approximate surface area is 215 Å². The smallest absolute Gasteiger partial charge is 0.416 e. The Bertz CT molecular complexity index is 1030. The summed E-state index contributed by atoms with van der Waals surface area (Å²) in [6, 6.07) is 2.34. The lowest BCUT2D eigenvalue weighted by molar-refractivity contribution is -0.138. The Morgan fingerprint density at radius 3 is 2.56 bits per heavy atom. The van der Waals surface area contributed by atoms with E-state index in [9.17, 15) is 31.5 Å². The van der Waals surface area contributed by atoms with Gasteiger partial charge in [0.15, 0.2) is 0 Å². The molecule has 1 aliphatic rings. The second-order valence-corrected chi connectivity index (χ2v) is 12.8. The molecule has 2 rings (SSSR count). The Morgan fingerprint density at radius 1 is 1.28 bits per heavy atom. The first kappa shape index (κ1) is 30.6. The number of hydrogen-bond acceptors (Lipinski definition) is 6. The van der Waals surface area contributed by atoms with Crippen LogP contribution in [0, 0.1) is 5.92 Å². The number of aliphatic hydroxyl groups is 1. The molecule has 2 atom stereocenters. The van der Waals surface area contributed by atoms with Gasteiger partial charge in [-0.25, -0.2) is 8.42 Å². The number of carboxylic acids is 1. The van der Waals surface area contributed by atoms with Crippen LogP contribution in [0.15, 0.2) is 34.6 Å². The highest BCUT2D eigenvalue weighted by Crippen LogP contribution is 2.33. The molecule has 0 saturated heterocycles. The van der Waals surface area contributed by atoms with Gasteiger partial charge in [-0.1, -0.05) is 12.5 Å². The first-order valence-corrected chi connectivity index (χ1v) is 14.2. The summed E-state index contributed by atoms with van der Waals surface area (Å²) in [6.07, 6.45) is -1.42. The molecule has 0 saturated carbocycles. The number of β-amino-alcohol motifs (C(OH)–C–C–N with tert-alkyl or cyclic N) is 1. The predicted molar refractivity (Wildman–Crippen MR) is 134 cm³/mol. The van der Waals surface area contributed by atoms with Gasteiger partial charge in [0, 0.05) is 37.8 Å². The first-order chi connectivity index (χ1) is 16.6. The molecule has 12 heteroatoms. The predicted octanol–water partition coefficient (Wildman–Crippen LogP) is 4.12. The summed E-state index contributed by atoms with van der Waals surface area (Å²) in [4.78, 5) is 10.2. The average molecular weight is 553 g/mol. The third-order valence-electron chi connectivity index (χ3n) is 6.05. The molecule has 0 fully saturated rings. The molecule has 1 heterocycles. The lowest BCUT2D eigenvalue weighted by Crippen LogP contribution is -2.46. The number of aliphatic carboxylic acids is 1. The molecule has 1 aromatic carbocycles. The van der Waals surface area contributed by atoms with Crippen molar-refractivity contribution in [2.24, 2.45) is 5.92 Å². The Balaban J connectivity index is 2.01. The highest BCUT2D eigenvalue weighted by molar-refractivity contribution is 8.02. The summed E-state index contributed by atoms with van der Waals surface area (Å²) < 4.78 is 66.9. The fourth-order valence-electron chi connectivity index (χ4n) is 3.88. The van der Waals surface area contributed by atoms with Gasteiger partial charge < -0.3 is 15.5 Å². The summed E-state index contributed by atoms with van der Waals surface area (Å²) >= 11 is 1.80. The topological polar surface area (TPSA) is 107 Å². The van der Waals surface area contributed by atoms with Crippen molar-refractivity contribution in [1.29, 1.82) is 0 Å². The fraction of sp³-hybridized carbons (Fsp3) is 0.625. The minimum atomic E-state index is -4.80. The van der Waals surface area contributed by atoms with Crippen LogP contribution < -0.4 is 5.32 Å². The molecule has 1 aliphatic heterocycles. The summed E-state index contributed by atoms with van der Waals surface area (Å²) in [5.41, 5.74) is -1.50. The van der Waals surface area contributed by atoms with Crippen molar-refractivity contribution in [1.82, 2.24) is 9.62 Å². The number of benzene rings is 1. The Hall–Kier alpha value is -1.60. The maximum Gasteiger partial charge on any atom is 0.416 e. The van der Waals surface area contributed by atoms with Crippen molar-refractivity contribution in [3.05, 3.63) is 40.8 Å². The Kier molecular flexibility index (Phi) is 10.9. The summed E-state index contributed by atoms with van der Waals surface area (Å²) in [5.74, 6) is 0.470. The van der Waals surface area contributed by atoms with Crippen LogP contribution in [0.2, 0.25) is 0 Å². The van der Waals surface area contributed by atoms with E-state index in [0.717, 1.165) is 41.5 Å². The minimum Gasteiger partial charge on any atom is -0.481 e. The number of halogens is 3. The van der Waals surface area contributed by atoms with E-state index in [0.29, 0.717) is 12.0 Å². The monoisotopic (exact) mass is 552 g/mol. The second-order valence-electron chi connectivity index (χ2n) is 9.78. The molecular formula is C24H35F3N2O5S2. The number of likely N-dealkylation sites (N-methyl/N-ethyl adjacent to an activating group) is 1. The Morgan fingerprint density at radius 2 is 1.97 bits per heavy atom. The number of alkyl halides is 3. The van der Waals surface area contributed by atoms with Crippen LogP contribution in [0.1, 0.15) is 50.7 Å². The zero-order valence-corrected chi connectivity index (χ0v) is 22.3. The molecule has 0 amide bonds. The zero-order valence-electron chi connectivity index (χ0n) is 20.7. The van der Waals surface area contributed by atoms with Crippen LogP contribution in [-0.2, 0) is 27.4 Å². The molecule has 1 aromatic rings. The summed E-state index contributed by atoms with van der Waals surface area (Å²) in [6.45, 7) is 3.79. The lowest BCUT2D eigenvalue weighted by Gasteiger charge is -2.29. The van der Waals surface area contributed by atoms with Gasteiger partial charge in [-0.05, 0) is 68.2 Å². The second kappa shape index (κ2) is 12.8. The van der Waals surface area contributed by atoms with Crippen molar-refractivity contribution < 1.29 is 36.6 Å². The molecule has 0 spiro atoms. The number of sulfonamides is 1. The quantitative estimate of drug-likeness (QED) is 0.319. The summed E-state index contributed by atoms with van der Waals surface area (Å²) in [7, 11) is -3.18. The van der Waals surface area contributed by atoms with Crippen molar-refractivity contribution in [2.45, 2.75) is 68.7 Å². The van der Waals surface area contributed by atoms with Gasteiger partial charge in [-0.3, -0.25) is 4.79 Å². The molecule has 7 nitrogen and oxygen atoms in total. The number of aryl methyl sites for hydroxylation is 1. The van der Waals surface area contributed by atoms with Crippen LogP contribution >= 0.6 is 11.8 Å². The number of carboxylic acid groups (broad SMARTS) is 1. The zero-order chi connectivity index (χ0) is 27.1. The van der Waals surface area contributed by atoms with Crippen molar-refractivity contribution in [3.63, 3.8) is 0 Å². The van der Waals surface area contributed by atoms with E-state index in [-0.39, 0.29) is 30.6 Å². The SMILES string of the molecule is CN(C[C@H](O)CNC(C)(C)CCCC1C=CSC1)S(=O)(=O)c1cc(CCC(=O)O)cc(C(F)(F)F)c1. The van der Waals surface area contributed by atoms with Crippen LogP contribution in [0.5, 0.6) is 0 Å². The van der Waals surface area contributed by atoms with Crippen molar-refractivity contribution in [2.75, 3.05) is 25.9 Å². The van der Waals surface area contributed by atoms with E-state index >= 15 is 0 Å². The van der Waals surface area contributed by atoms with E-state index < -0.39 is 45.2 Å². The maximum atomic E-state index is 13.4. The van der Waals surface area contributed by atoms with Gasteiger partial charge in [0.1, 0.15) is 0 Å². The van der Waals surface area contributed by atoms with Gasteiger partial charge in [0.05, 0.1) is 16.6 Å². The maximum absolute atomic E-state index is 13.4. The van der Waals surface area contributed by atoms with Gasteiger partial charge in [0.25, 0.3) is 0 Å². The van der Waals surface area contributed by atoms with Gasteiger partial charge >= 0.3 is 12.1 Å². The standard InChI is InChI=1S/C24H35F3N2O5S2/c1-23(2,9-4-5-17-8-10-35-16-17)28-14-20(30)15-29(3)36(33,34)21-12-18(6-7-22(31)32)11-19(13-21)24(25,26)27/h8,10-13,17,20,28,30H,4-7,9,14-16H2,1-3H3,(H,31,32)/t17?,20-/m1/s1. The molecule has 204 valence electrons. The lowest BCUT2D eigenvalue weighted by atomic mass is 9.94. The number of aliphatic hydroxyl groups excluding tert-OH is 1. The average Bonchev–Trinajstić information content (AvgIpc) is 3.29. The molecule has 36 heavy (non-hydrogen) atoms. The highest BCUT2D eigenvalue weighted by atomic mass is 32.2. The largest absolute Gasteiger partial charge is 0.481 e. The van der Waals surface area contributed by atoms with E-state index in [4.69, 9.17) is 5.11 Å². The van der Waals surface area contributed by atoms with Crippen LogP contribution in [0.3, 0.4) is 0 Å². The third-order valence-corrected chi connectivity index (χ3v) is 8.82. The first-order valence-electron chi connectivity index (χ1n) is 11.7. The summed E-state index contributed by atoms with van der Waals surface area (Å²) in [5, 5.41) is 24.7. The van der Waals surface area contributed by atoms with Crippen LogP contribution in [-0.4, -0.2) is 66.4 Å². The molecule has 0 aliphatic carbocycles. The van der Waals surface area contributed by atoms with Crippen molar-refractivity contribution in [3.8, 4) is 0 Å². The normalized spacial score (nSPS) is 17.6. The number of nitrogens with one attached hydrogen (secondary N) is 1. The number of carbonyl (C=O) groups is 1. The molecule has 0 bridgehead atoms. The number of rotatable bonds is 14. The highest BCUT2D eigenvalue weighted by Gasteiger charge is 2.34. The third kappa shape index (κ3) is 9.70. The van der Waals surface area contributed by atoms with E-state index in [1.807, 2.05) is 13.8 Å². The molecule has 0 radical (unpaired) electrons. The number of nitrogens with zero attached hydrogens (tertiary/aromatic N) is 1. The van der Waals surface area contributed by atoms with Crippen molar-refractivity contribution >= 4 is 27.8 Å². The van der Waals surface area contributed by atoms with Crippen LogP contribution in [0.25, 0.3) is 0 Å². The molecule has 3 N–H and O–H groups in total. The fourth-order valence-corrected chi connectivity index (χ4v) is 6.15.